The maximum atomic E-state index is 12.4. The highest BCUT2D eigenvalue weighted by atomic mass is 16.5. The molecule has 2 aliphatic rings. The van der Waals surface area contributed by atoms with Crippen LogP contribution in [0, 0.1) is 0 Å². The van der Waals surface area contributed by atoms with E-state index in [2.05, 4.69) is 33.9 Å². The zero-order chi connectivity index (χ0) is 19.1. The average Bonchev–Trinajstić information content (AvgIpc) is 2.69. The van der Waals surface area contributed by atoms with Gasteiger partial charge in [-0.25, -0.2) is 4.79 Å². The summed E-state index contributed by atoms with van der Waals surface area (Å²) in [5.74, 6) is 0.852. The molecule has 0 saturated carbocycles. The minimum absolute atomic E-state index is 0.0539. The van der Waals surface area contributed by atoms with Crippen LogP contribution in [0.4, 0.5) is 4.79 Å². The van der Waals surface area contributed by atoms with E-state index in [0.29, 0.717) is 12.6 Å². The van der Waals surface area contributed by atoms with Gasteiger partial charge in [-0.05, 0) is 26.0 Å². The van der Waals surface area contributed by atoms with E-state index in [0.717, 1.165) is 64.4 Å². The summed E-state index contributed by atoms with van der Waals surface area (Å²) in [5.41, 5.74) is 0. The second-order valence-corrected chi connectivity index (χ2v) is 7.69. The van der Waals surface area contributed by atoms with Gasteiger partial charge in [-0.3, -0.25) is 14.8 Å². The number of carbonyl (C=O) groups excluding carboxylic acids is 1. The number of pyridine rings is 1. The zero-order valence-electron chi connectivity index (χ0n) is 16.6. The summed E-state index contributed by atoms with van der Waals surface area (Å²) >= 11 is 0. The normalized spacial score (nSPS) is 20.0. The molecule has 2 saturated heterocycles. The highest BCUT2D eigenvalue weighted by Crippen LogP contribution is 2.18. The number of hydrogen-bond acceptors (Lipinski definition) is 5. The molecule has 1 N–H and O–H groups in total. The van der Waals surface area contributed by atoms with Crippen LogP contribution in [-0.4, -0.2) is 90.2 Å². The van der Waals surface area contributed by atoms with Crippen molar-refractivity contribution in [3.05, 3.63) is 24.5 Å². The van der Waals surface area contributed by atoms with E-state index in [4.69, 9.17) is 4.74 Å². The molecule has 0 aliphatic carbocycles. The number of amides is 2. The lowest BCUT2D eigenvalue weighted by Crippen LogP contribution is -2.51. The third-order valence-corrected chi connectivity index (χ3v) is 5.52. The van der Waals surface area contributed by atoms with Crippen molar-refractivity contribution in [2.75, 3.05) is 52.4 Å². The van der Waals surface area contributed by atoms with Crippen molar-refractivity contribution in [2.24, 2.45) is 0 Å². The maximum Gasteiger partial charge on any atom is 0.317 e. The van der Waals surface area contributed by atoms with E-state index < -0.39 is 0 Å². The molecule has 3 heterocycles. The largest absolute Gasteiger partial charge is 0.490 e. The van der Waals surface area contributed by atoms with Gasteiger partial charge in [0.2, 0.25) is 0 Å². The summed E-state index contributed by atoms with van der Waals surface area (Å²) < 4.78 is 5.96. The first-order chi connectivity index (χ1) is 13.1. The fourth-order valence-electron chi connectivity index (χ4n) is 3.72. The van der Waals surface area contributed by atoms with Gasteiger partial charge in [-0.2, -0.15) is 0 Å². The lowest BCUT2D eigenvalue weighted by Gasteiger charge is -2.37. The predicted octanol–water partition coefficient (Wildman–Crippen LogP) is 1.66. The molecule has 2 aliphatic heterocycles. The number of ether oxygens (including phenoxy) is 1. The topological polar surface area (TPSA) is 60.9 Å². The lowest BCUT2D eigenvalue weighted by atomic mass is 10.1. The lowest BCUT2D eigenvalue weighted by molar-refractivity contribution is 0.104. The monoisotopic (exact) mass is 375 g/mol. The van der Waals surface area contributed by atoms with Gasteiger partial charge in [0.05, 0.1) is 0 Å². The number of piperidine rings is 1. The Morgan fingerprint density at radius 1 is 1.15 bits per heavy atom. The summed E-state index contributed by atoms with van der Waals surface area (Å²) in [4.78, 5) is 23.2. The average molecular weight is 376 g/mol. The van der Waals surface area contributed by atoms with Gasteiger partial charge in [0.25, 0.3) is 0 Å². The molecule has 7 nitrogen and oxygen atoms in total. The first-order valence-electron chi connectivity index (χ1n) is 10.2. The molecule has 1 aromatic heterocycles. The molecule has 27 heavy (non-hydrogen) atoms. The number of likely N-dealkylation sites (tertiary alicyclic amines) is 1. The van der Waals surface area contributed by atoms with Crippen LogP contribution in [0.5, 0.6) is 5.75 Å². The molecule has 2 amide bonds. The van der Waals surface area contributed by atoms with Gasteiger partial charge in [0.15, 0.2) is 0 Å². The summed E-state index contributed by atoms with van der Waals surface area (Å²) in [6.07, 6.45) is 5.38. The van der Waals surface area contributed by atoms with Crippen molar-refractivity contribution < 1.29 is 9.53 Å². The van der Waals surface area contributed by atoms with Crippen molar-refractivity contribution in [2.45, 2.75) is 38.8 Å². The Balaban J connectivity index is 1.30. The van der Waals surface area contributed by atoms with E-state index in [1.54, 1.807) is 12.4 Å². The second-order valence-electron chi connectivity index (χ2n) is 7.69. The van der Waals surface area contributed by atoms with Crippen molar-refractivity contribution in [1.29, 1.82) is 0 Å². The maximum absolute atomic E-state index is 12.4. The summed E-state index contributed by atoms with van der Waals surface area (Å²) in [7, 11) is 0. The number of nitrogens with one attached hydrogen (secondary N) is 1. The Kier molecular flexibility index (Phi) is 7.29. The Morgan fingerprint density at radius 3 is 2.44 bits per heavy atom. The Hall–Kier alpha value is -1.86. The fourth-order valence-corrected chi connectivity index (χ4v) is 3.72. The Morgan fingerprint density at radius 2 is 1.81 bits per heavy atom. The van der Waals surface area contributed by atoms with Gasteiger partial charge in [0, 0.05) is 83.6 Å². The van der Waals surface area contributed by atoms with Crippen LogP contribution in [0.1, 0.15) is 26.7 Å². The van der Waals surface area contributed by atoms with Crippen molar-refractivity contribution in [3.63, 3.8) is 0 Å². The van der Waals surface area contributed by atoms with Crippen molar-refractivity contribution in [3.8, 4) is 5.75 Å². The minimum Gasteiger partial charge on any atom is -0.490 e. The molecule has 0 unspecified atom stereocenters. The van der Waals surface area contributed by atoms with Crippen LogP contribution < -0.4 is 10.1 Å². The van der Waals surface area contributed by atoms with E-state index >= 15 is 0 Å². The molecule has 1 aromatic rings. The molecule has 3 rings (SSSR count). The van der Waals surface area contributed by atoms with Gasteiger partial charge >= 0.3 is 6.03 Å². The van der Waals surface area contributed by atoms with E-state index in [1.807, 2.05) is 17.0 Å². The highest BCUT2D eigenvalue weighted by molar-refractivity contribution is 5.74. The second kappa shape index (κ2) is 9.90. The number of hydrogen-bond donors (Lipinski definition) is 1. The molecule has 0 spiro atoms. The zero-order valence-corrected chi connectivity index (χ0v) is 16.6. The third kappa shape index (κ3) is 6.07. The molecule has 0 bridgehead atoms. The Bertz CT molecular complexity index is 567. The number of nitrogens with zero attached hydrogens (tertiary/aromatic N) is 4. The van der Waals surface area contributed by atoms with Crippen molar-refractivity contribution >= 4 is 6.03 Å². The third-order valence-electron chi connectivity index (χ3n) is 5.52. The quantitative estimate of drug-likeness (QED) is 0.819. The van der Waals surface area contributed by atoms with E-state index in [-0.39, 0.29) is 12.1 Å². The molecule has 2 fully saturated rings. The highest BCUT2D eigenvalue weighted by Gasteiger charge is 2.24. The summed E-state index contributed by atoms with van der Waals surface area (Å²) in [5, 5.41) is 3.08. The van der Waals surface area contributed by atoms with Gasteiger partial charge < -0.3 is 15.0 Å². The molecule has 0 aromatic carbocycles. The van der Waals surface area contributed by atoms with Crippen LogP contribution in [0.25, 0.3) is 0 Å². The van der Waals surface area contributed by atoms with E-state index in [1.165, 1.54) is 0 Å². The molecular formula is C20H33N5O2. The molecule has 150 valence electrons. The molecule has 0 atom stereocenters. The van der Waals surface area contributed by atoms with Crippen LogP contribution in [0.2, 0.25) is 0 Å². The molecule has 7 heteroatoms. The SMILES string of the molecule is CC(C)N1CCN(CCNC(=O)N2CCC(Oc3ccncc3)CC2)CC1. The molecular weight excluding hydrogens is 342 g/mol. The number of aromatic nitrogens is 1. The standard InChI is InChI=1S/C20H33N5O2/c1-17(2)24-15-13-23(14-16-24)12-9-22-20(26)25-10-5-19(6-11-25)27-18-3-7-21-8-4-18/h3-4,7-8,17,19H,5-6,9-16H2,1-2H3,(H,22,26). The van der Waals surface area contributed by atoms with Crippen LogP contribution >= 0.6 is 0 Å². The van der Waals surface area contributed by atoms with Gasteiger partial charge in [-0.1, -0.05) is 0 Å². The first kappa shape index (κ1) is 19.9. The summed E-state index contributed by atoms with van der Waals surface area (Å²) in [6.45, 7) is 12.1. The smallest absolute Gasteiger partial charge is 0.317 e. The number of carbonyl (C=O) groups is 1. The Labute approximate surface area is 162 Å². The first-order valence-corrected chi connectivity index (χ1v) is 10.2. The van der Waals surface area contributed by atoms with Crippen LogP contribution in [0.15, 0.2) is 24.5 Å². The summed E-state index contributed by atoms with van der Waals surface area (Å²) in [6, 6.07) is 4.43. The van der Waals surface area contributed by atoms with Crippen LogP contribution in [0.3, 0.4) is 0 Å². The minimum atomic E-state index is 0.0539. The number of urea groups is 1. The fraction of sp³-hybridized carbons (Fsp3) is 0.700. The number of rotatable bonds is 6. The number of piperazine rings is 1. The van der Waals surface area contributed by atoms with Crippen molar-refractivity contribution in [1.82, 2.24) is 25.0 Å². The van der Waals surface area contributed by atoms with Gasteiger partial charge in [-0.15, -0.1) is 0 Å². The predicted molar refractivity (Wildman–Crippen MR) is 106 cm³/mol. The molecule has 0 radical (unpaired) electrons. The van der Waals surface area contributed by atoms with E-state index in [9.17, 15) is 4.79 Å². The van der Waals surface area contributed by atoms with Gasteiger partial charge in [0.1, 0.15) is 11.9 Å². The van der Waals surface area contributed by atoms with Crippen LogP contribution in [-0.2, 0) is 0 Å².